The summed E-state index contributed by atoms with van der Waals surface area (Å²) >= 11 is 1.50. The summed E-state index contributed by atoms with van der Waals surface area (Å²) in [6, 6.07) is 0.0450. The molecule has 1 rings (SSSR count). The Bertz CT molecular complexity index is 424. The molecule has 1 amide bonds. The lowest BCUT2D eigenvalue weighted by Gasteiger charge is -2.18. The highest BCUT2D eigenvalue weighted by Gasteiger charge is 2.18. The predicted octanol–water partition coefficient (Wildman–Crippen LogP) is 3.35. The van der Waals surface area contributed by atoms with Crippen molar-refractivity contribution in [3.63, 3.8) is 0 Å². The van der Waals surface area contributed by atoms with Gasteiger partial charge in [-0.1, -0.05) is 20.8 Å². The summed E-state index contributed by atoms with van der Waals surface area (Å²) in [5.74, 6) is 0.487. The number of hydrogen-bond donors (Lipinski definition) is 2. The van der Waals surface area contributed by atoms with Crippen LogP contribution in [0.2, 0.25) is 0 Å². The summed E-state index contributed by atoms with van der Waals surface area (Å²) in [6.45, 7) is 8.75. The van der Waals surface area contributed by atoms with Crippen LogP contribution in [0.1, 0.15) is 54.0 Å². The van der Waals surface area contributed by atoms with Crippen LogP contribution in [-0.4, -0.2) is 23.5 Å². The number of rotatable bonds is 7. The van der Waals surface area contributed by atoms with Crippen LogP contribution in [0.3, 0.4) is 0 Å². The topological polar surface area (TPSA) is 68.0 Å². The number of carbonyl (C=O) groups is 1. The fourth-order valence-corrected chi connectivity index (χ4v) is 3.09. The second-order valence-corrected chi connectivity index (χ2v) is 6.39. The number of carbonyl (C=O) groups excluding carboxylic acids is 1. The second-order valence-electron chi connectivity index (χ2n) is 5.31. The maximum Gasteiger partial charge on any atom is 0.263 e. The van der Waals surface area contributed by atoms with Crippen LogP contribution in [0.5, 0.6) is 0 Å². The van der Waals surface area contributed by atoms with E-state index in [0.29, 0.717) is 12.5 Å². The van der Waals surface area contributed by atoms with E-state index >= 15 is 0 Å². The van der Waals surface area contributed by atoms with Crippen molar-refractivity contribution in [3.05, 3.63) is 15.6 Å². The van der Waals surface area contributed by atoms with Gasteiger partial charge in [-0.15, -0.1) is 36.2 Å². The normalized spacial score (nSPS) is 11.5. The number of nitrogens with zero attached hydrogens (tertiary/aromatic N) is 1. The third kappa shape index (κ3) is 7.45. The lowest BCUT2D eigenvalue weighted by molar-refractivity contribution is 0.0937. The molecule has 4 nitrogen and oxygen atoms in total. The summed E-state index contributed by atoms with van der Waals surface area (Å²) in [7, 11) is 0. The smallest absolute Gasteiger partial charge is 0.263 e. The highest BCUT2D eigenvalue weighted by Crippen LogP contribution is 2.19. The number of hydrogen-bond acceptors (Lipinski definition) is 4. The SMILES string of the molecule is CCCc1nc(C)c(C(=O)NC(CN)CC(C)C)s1.Cl.Cl. The van der Waals surface area contributed by atoms with Crippen molar-refractivity contribution in [2.24, 2.45) is 11.7 Å². The van der Waals surface area contributed by atoms with Gasteiger partial charge in [0.05, 0.1) is 10.7 Å². The molecule has 3 N–H and O–H groups in total. The van der Waals surface area contributed by atoms with E-state index in [2.05, 4.69) is 31.1 Å². The van der Waals surface area contributed by atoms with Crippen molar-refractivity contribution in [3.8, 4) is 0 Å². The molecule has 7 heteroatoms. The van der Waals surface area contributed by atoms with E-state index in [4.69, 9.17) is 5.73 Å². The van der Waals surface area contributed by atoms with Gasteiger partial charge < -0.3 is 11.1 Å². The minimum absolute atomic E-state index is 0. The molecule has 21 heavy (non-hydrogen) atoms. The standard InChI is InChI=1S/C14H25N3OS.2ClH/c1-5-6-12-16-10(4)13(19-12)14(18)17-11(8-15)7-9(2)3;;/h9,11H,5-8,15H2,1-4H3,(H,17,18);2*1H. The van der Waals surface area contributed by atoms with Gasteiger partial charge >= 0.3 is 0 Å². The quantitative estimate of drug-likeness (QED) is 0.787. The molecule has 1 aromatic rings. The van der Waals surface area contributed by atoms with Crippen LogP contribution in [0.4, 0.5) is 0 Å². The molecule has 0 spiro atoms. The van der Waals surface area contributed by atoms with Crippen LogP contribution in [0, 0.1) is 12.8 Å². The Morgan fingerprint density at radius 3 is 2.48 bits per heavy atom. The number of thiazole rings is 1. The predicted molar refractivity (Wildman–Crippen MR) is 95.1 cm³/mol. The fourth-order valence-electron chi connectivity index (χ4n) is 2.02. The maximum atomic E-state index is 12.2. The Labute approximate surface area is 144 Å². The highest BCUT2D eigenvalue weighted by atomic mass is 35.5. The average molecular weight is 356 g/mol. The summed E-state index contributed by atoms with van der Waals surface area (Å²) in [5, 5.41) is 4.06. The van der Waals surface area contributed by atoms with Crippen LogP contribution >= 0.6 is 36.2 Å². The second kappa shape index (κ2) is 11.2. The number of nitrogens with two attached hydrogens (primary N) is 1. The van der Waals surface area contributed by atoms with E-state index in [-0.39, 0.29) is 36.8 Å². The van der Waals surface area contributed by atoms with Gasteiger partial charge in [0.25, 0.3) is 5.91 Å². The lowest BCUT2D eigenvalue weighted by atomic mass is 10.0. The van der Waals surface area contributed by atoms with E-state index in [1.54, 1.807) is 0 Å². The lowest BCUT2D eigenvalue weighted by Crippen LogP contribution is -2.41. The molecule has 0 bridgehead atoms. The highest BCUT2D eigenvalue weighted by molar-refractivity contribution is 7.13. The van der Waals surface area contributed by atoms with E-state index in [1.807, 2.05) is 6.92 Å². The van der Waals surface area contributed by atoms with Gasteiger partial charge in [0, 0.05) is 12.6 Å². The molecule has 1 unspecified atom stereocenters. The molecule has 0 radical (unpaired) electrons. The Balaban J connectivity index is 0. The fraction of sp³-hybridized carbons (Fsp3) is 0.714. The monoisotopic (exact) mass is 355 g/mol. The van der Waals surface area contributed by atoms with Crippen LogP contribution in [-0.2, 0) is 6.42 Å². The van der Waals surface area contributed by atoms with Gasteiger partial charge in [0.2, 0.25) is 0 Å². The molecular formula is C14H27Cl2N3OS. The number of aromatic nitrogens is 1. The largest absolute Gasteiger partial charge is 0.347 e. The van der Waals surface area contributed by atoms with E-state index in [1.165, 1.54) is 11.3 Å². The summed E-state index contributed by atoms with van der Waals surface area (Å²) in [4.78, 5) is 17.4. The zero-order valence-electron chi connectivity index (χ0n) is 13.1. The van der Waals surface area contributed by atoms with Crippen LogP contribution < -0.4 is 11.1 Å². The zero-order chi connectivity index (χ0) is 14.4. The summed E-state index contributed by atoms with van der Waals surface area (Å²) < 4.78 is 0. The van der Waals surface area contributed by atoms with Gasteiger partial charge in [0.1, 0.15) is 4.88 Å². The first kappa shape index (κ1) is 22.9. The molecule has 1 atom stereocenters. The van der Waals surface area contributed by atoms with E-state index < -0.39 is 0 Å². The van der Waals surface area contributed by atoms with E-state index in [0.717, 1.165) is 34.8 Å². The molecule has 1 aromatic heterocycles. The zero-order valence-corrected chi connectivity index (χ0v) is 15.6. The molecule has 1 heterocycles. The van der Waals surface area contributed by atoms with Gasteiger partial charge in [0.15, 0.2) is 0 Å². The Morgan fingerprint density at radius 1 is 1.38 bits per heavy atom. The third-order valence-electron chi connectivity index (χ3n) is 2.89. The van der Waals surface area contributed by atoms with Gasteiger partial charge in [-0.2, -0.15) is 0 Å². The van der Waals surface area contributed by atoms with Crippen molar-refractivity contribution in [2.45, 2.75) is 53.0 Å². The maximum absolute atomic E-state index is 12.2. The number of nitrogens with one attached hydrogen (secondary N) is 1. The van der Waals surface area contributed by atoms with Gasteiger partial charge in [-0.25, -0.2) is 4.98 Å². The first-order valence-corrected chi connectivity index (χ1v) is 7.76. The number of amides is 1. The van der Waals surface area contributed by atoms with Crippen molar-refractivity contribution >= 4 is 42.1 Å². The van der Waals surface area contributed by atoms with Crippen molar-refractivity contribution in [2.75, 3.05) is 6.54 Å². The first-order chi connectivity index (χ1) is 8.97. The third-order valence-corrected chi connectivity index (χ3v) is 4.10. The molecule has 0 saturated heterocycles. The summed E-state index contributed by atoms with van der Waals surface area (Å²) in [6.07, 6.45) is 2.89. The summed E-state index contributed by atoms with van der Waals surface area (Å²) in [5.41, 5.74) is 6.54. The van der Waals surface area contributed by atoms with Crippen LogP contribution in [0.25, 0.3) is 0 Å². The molecule has 0 aromatic carbocycles. The number of halogens is 2. The Hall–Kier alpha value is -0.360. The molecule has 0 aliphatic carbocycles. The molecule has 124 valence electrons. The molecule has 0 saturated carbocycles. The van der Waals surface area contributed by atoms with Crippen molar-refractivity contribution in [1.29, 1.82) is 0 Å². The minimum atomic E-state index is -0.0338. The molecule has 0 aliphatic rings. The molecule has 0 fully saturated rings. The Morgan fingerprint density at radius 2 is 2.00 bits per heavy atom. The van der Waals surface area contributed by atoms with Crippen molar-refractivity contribution < 1.29 is 4.79 Å². The molecular weight excluding hydrogens is 329 g/mol. The average Bonchev–Trinajstić information content (AvgIpc) is 2.69. The Kier molecular flexibility index (Phi) is 12.3. The molecule has 0 aliphatic heterocycles. The minimum Gasteiger partial charge on any atom is -0.347 e. The van der Waals surface area contributed by atoms with Crippen LogP contribution in [0.15, 0.2) is 0 Å². The number of aryl methyl sites for hydroxylation is 2. The van der Waals surface area contributed by atoms with Gasteiger partial charge in [-0.05, 0) is 32.1 Å². The first-order valence-electron chi connectivity index (χ1n) is 6.95. The van der Waals surface area contributed by atoms with E-state index in [9.17, 15) is 4.79 Å². The van der Waals surface area contributed by atoms with Crippen molar-refractivity contribution in [1.82, 2.24) is 10.3 Å². The van der Waals surface area contributed by atoms with Gasteiger partial charge in [-0.3, -0.25) is 4.79 Å².